The summed E-state index contributed by atoms with van der Waals surface area (Å²) in [7, 11) is 1.62. The molecule has 2 aromatic rings. The van der Waals surface area contributed by atoms with E-state index in [2.05, 4.69) is 20.5 Å². The van der Waals surface area contributed by atoms with E-state index in [-0.39, 0.29) is 12.0 Å². The fourth-order valence-corrected chi connectivity index (χ4v) is 3.20. The molecule has 0 aromatic carbocycles. The Kier molecular flexibility index (Phi) is 5.95. The Morgan fingerprint density at radius 2 is 2.40 bits per heavy atom. The van der Waals surface area contributed by atoms with Crippen LogP contribution in [-0.4, -0.2) is 75.7 Å². The number of hydrogen-bond donors (Lipinski definition) is 0. The number of thioether (sulfide) groups is 1. The van der Waals surface area contributed by atoms with E-state index in [4.69, 9.17) is 9.47 Å². The molecule has 0 spiro atoms. The first kappa shape index (κ1) is 17.8. The molecule has 1 atom stereocenters. The normalized spacial score (nSPS) is 17.7. The maximum atomic E-state index is 12.9. The first-order valence-electron chi connectivity index (χ1n) is 7.89. The first-order chi connectivity index (χ1) is 12.2. The van der Waals surface area contributed by atoms with E-state index in [0.29, 0.717) is 44.2 Å². The summed E-state index contributed by atoms with van der Waals surface area (Å²) in [4.78, 5) is 18.9. The molecule has 0 radical (unpaired) electrons. The van der Waals surface area contributed by atoms with Gasteiger partial charge in [0.1, 0.15) is 11.1 Å². The number of nitrogens with zero attached hydrogens (tertiary/aromatic N) is 6. The zero-order valence-electron chi connectivity index (χ0n) is 14.2. The number of aromatic nitrogens is 5. The molecule has 1 aliphatic rings. The number of carbonyl (C=O) groups excluding carboxylic acids is 1. The van der Waals surface area contributed by atoms with Gasteiger partial charge in [0, 0.05) is 19.9 Å². The summed E-state index contributed by atoms with van der Waals surface area (Å²) in [5, 5.41) is 12.5. The van der Waals surface area contributed by atoms with Crippen molar-refractivity contribution in [3.63, 3.8) is 0 Å². The molecule has 1 unspecified atom stereocenters. The van der Waals surface area contributed by atoms with Crippen molar-refractivity contribution in [2.75, 3.05) is 39.7 Å². The van der Waals surface area contributed by atoms with E-state index in [1.165, 1.54) is 11.8 Å². The molecule has 3 rings (SSSR count). The molecule has 2 aromatic heterocycles. The van der Waals surface area contributed by atoms with Crippen LogP contribution in [0.3, 0.4) is 0 Å². The molecule has 3 heterocycles. The minimum absolute atomic E-state index is 0.0540. The number of morpholine rings is 1. The smallest absolute Gasteiger partial charge is 0.256 e. The zero-order valence-corrected chi connectivity index (χ0v) is 15.0. The minimum atomic E-state index is -0.362. The summed E-state index contributed by atoms with van der Waals surface area (Å²) >= 11 is 1.46. The number of rotatable bonds is 6. The monoisotopic (exact) mass is 364 g/mol. The van der Waals surface area contributed by atoms with E-state index in [1.54, 1.807) is 35.0 Å². The van der Waals surface area contributed by atoms with Gasteiger partial charge in [0.2, 0.25) is 0 Å². The molecule has 25 heavy (non-hydrogen) atoms. The van der Waals surface area contributed by atoms with Crippen molar-refractivity contribution in [2.45, 2.75) is 17.7 Å². The van der Waals surface area contributed by atoms with Crippen LogP contribution in [0.2, 0.25) is 0 Å². The van der Waals surface area contributed by atoms with Gasteiger partial charge in [-0.1, -0.05) is 0 Å². The highest BCUT2D eigenvalue weighted by Crippen LogP contribution is 2.24. The van der Waals surface area contributed by atoms with E-state index in [1.807, 2.05) is 6.26 Å². The minimum Gasteiger partial charge on any atom is -0.383 e. The fourth-order valence-electron chi connectivity index (χ4n) is 2.66. The molecule has 10 heteroatoms. The Balaban J connectivity index is 1.75. The van der Waals surface area contributed by atoms with Crippen LogP contribution in [0.1, 0.15) is 22.3 Å². The number of ether oxygens (including phenoxy) is 2. The lowest BCUT2D eigenvalue weighted by Crippen LogP contribution is -2.43. The molecular formula is C15H20N6O3S. The van der Waals surface area contributed by atoms with Crippen LogP contribution in [0.4, 0.5) is 0 Å². The van der Waals surface area contributed by atoms with Crippen molar-refractivity contribution in [3.05, 3.63) is 29.7 Å². The number of amides is 1. The highest BCUT2D eigenvalue weighted by molar-refractivity contribution is 7.98. The fraction of sp³-hybridized carbons (Fsp3) is 0.533. The van der Waals surface area contributed by atoms with Gasteiger partial charge in [-0.05, 0) is 28.8 Å². The topological polar surface area (TPSA) is 95.3 Å². The van der Waals surface area contributed by atoms with Crippen molar-refractivity contribution in [1.29, 1.82) is 0 Å². The maximum Gasteiger partial charge on any atom is 0.256 e. The highest BCUT2D eigenvalue weighted by Gasteiger charge is 2.30. The lowest BCUT2D eigenvalue weighted by atomic mass is 10.2. The molecule has 0 aliphatic carbocycles. The van der Waals surface area contributed by atoms with Gasteiger partial charge in [0.25, 0.3) is 5.91 Å². The predicted molar refractivity (Wildman–Crippen MR) is 90.3 cm³/mol. The summed E-state index contributed by atoms with van der Waals surface area (Å²) in [6.45, 7) is 2.39. The Labute approximate surface area is 149 Å². The van der Waals surface area contributed by atoms with E-state index in [0.717, 1.165) is 5.03 Å². The van der Waals surface area contributed by atoms with Crippen LogP contribution in [0, 0.1) is 0 Å². The third kappa shape index (κ3) is 3.97. The van der Waals surface area contributed by atoms with Crippen LogP contribution >= 0.6 is 11.8 Å². The van der Waals surface area contributed by atoms with Crippen molar-refractivity contribution in [1.82, 2.24) is 30.1 Å². The van der Waals surface area contributed by atoms with Crippen LogP contribution < -0.4 is 0 Å². The average Bonchev–Trinajstić information content (AvgIpc) is 3.14. The molecule has 0 N–H and O–H groups in total. The van der Waals surface area contributed by atoms with Crippen LogP contribution in [0.25, 0.3) is 0 Å². The maximum absolute atomic E-state index is 12.9. The summed E-state index contributed by atoms with van der Waals surface area (Å²) < 4.78 is 12.5. The standard InChI is InChI=1S/C15H20N6O3S/c1-23-8-7-21-13(17-18-19-21)12-10-20(6-9-24-12)15(22)11-4-3-5-16-14(11)25-2/h3-5,12H,6-10H2,1-2H3. The predicted octanol–water partition coefficient (Wildman–Crippen LogP) is 0.650. The number of pyridine rings is 1. The summed E-state index contributed by atoms with van der Waals surface area (Å²) in [5.74, 6) is 0.549. The van der Waals surface area contributed by atoms with Gasteiger partial charge >= 0.3 is 0 Å². The molecule has 0 bridgehead atoms. The summed E-state index contributed by atoms with van der Waals surface area (Å²) in [6.07, 6.45) is 3.24. The van der Waals surface area contributed by atoms with Gasteiger partial charge in [-0.25, -0.2) is 9.67 Å². The average molecular weight is 364 g/mol. The third-order valence-corrected chi connectivity index (χ3v) is 4.62. The molecule has 1 fully saturated rings. The molecular weight excluding hydrogens is 344 g/mol. The molecule has 1 saturated heterocycles. The second kappa shape index (κ2) is 8.37. The molecule has 134 valence electrons. The van der Waals surface area contributed by atoms with Gasteiger partial charge in [-0.15, -0.1) is 16.9 Å². The Hall–Kier alpha value is -2.04. The number of carbonyl (C=O) groups is 1. The van der Waals surface area contributed by atoms with E-state index < -0.39 is 0 Å². The van der Waals surface area contributed by atoms with Crippen LogP contribution in [-0.2, 0) is 16.0 Å². The number of tetrazole rings is 1. The third-order valence-electron chi connectivity index (χ3n) is 3.90. The second-order valence-electron chi connectivity index (χ2n) is 5.42. The van der Waals surface area contributed by atoms with Crippen molar-refractivity contribution in [2.24, 2.45) is 0 Å². The quantitative estimate of drug-likeness (QED) is 0.690. The lowest BCUT2D eigenvalue weighted by Gasteiger charge is -2.32. The van der Waals surface area contributed by atoms with Gasteiger partial charge < -0.3 is 14.4 Å². The number of methoxy groups -OCH3 is 1. The van der Waals surface area contributed by atoms with Gasteiger partial charge in [-0.2, -0.15) is 0 Å². The summed E-state index contributed by atoms with van der Waals surface area (Å²) in [6, 6.07) is 3.57. The van der Waals surface area contributed by atoms with Crippen molar-refractivity contribution in [3.8, 4) is 0 Å². The largest absolute Gasteiger partial charge is 0.383 e. The van der Waals surface area contributed by atoms with Crippen molar-refractivity contribution >= 4 is 17.7 Å². The van der Waals surface area contributed by atoms with Crippen LogP contribution in [0.5, 0.6) is 0 Å². The molecule has 0 saturated carbocycles. The van der Waals surface area contributed by atoms with Crippen molar-refractivity contribution < 1.29 is 14.3 Å². The first-order valence-corrected chi connectivity index (χ1v) is 9.12. The Morgan fingerprint density at radius 3 is 3.20 bits per heavy atom. The van der Waals surface area contributed by atoms with Gasteiger partial charge in [0.15, 0.2) is 5.82 Å². The van der Waals surface area contributed by atoms with E-state index >= 15 is 0 Å². The SMILES string of the molecule is COCCn1nnnc1C1CN(C(=O)c2cccnc2SC)CCO1. The molecule has 9 nitrogen and oxygen atoms in total. The Bertz CT molecular complexity index is 725. The van der Waals surface area contributed by atoms with E-state index in [9.17, 15) is 4.79 Å². The lowest BCUT2D eigenvalue weighted by molar-refractivity contribution is -0.0293. The molecule has 1 amide bonds. The highest BCUT2D eigenvalue weighted by atomic mass is 32.2. The zero-order chi connectivity index (χ0) is 17.6. The van der Waals surface area contributed by atoms with Crippen LogP contribution in [0.15, 0.2) is 23.4 Å². The number of hydrogen-bond acceptors (Lipinski definition) is 8. The Morgan fingerprint density at radius 1 is 1.52 bits per heavy atom. The van der Waals surface area contributed by atoms with Gasteiger partial charge in [-0.3, -0.25) is 4.79 Å². The van der Waals surface area contributed by atoms with Gasteiger partial charge in [0.05, 0.1) is 31.9 Å². The molecule has 1 aliphatic heterocycles. The summed E-state index contributed by atoms with van der Waals surface area (Å²) in [5.41, 5.74) is 0.606. The second-order valence-corrected chi connectivity index (χ2v) is 6.22.